The number of nitrogens with zero attached hydrogens (tertiary/aromatic N) is 1. The van der Waals surface area contributed by atoms with Gasteiger partial charge in [0, 0.05) is 19.8 Å². The maximum absolute atomic E-state index is 12.7. The number of unbranched alkanes of at least 4 members (excludes halogenated alkanes) is 1. The number of rotatable bonds is 5. The second-order valence-electron chi connectivity index (χ2n) is 4.11. The lowest BCUT2D eigenvalue weighted by molar-refractivity contribution is 0.212. The molecule has 0 heterocycles. The third-order valence-corrected chi connectivity index (χ3v) is 2.55. The van der Waals surface area contributed by atoms with Crippen molar-refractivity contribution in [3.63, 3.8) is 0 Å². The number of halogens is 1. The van der Waals surface area contributed by atoms with Gasteiger partial charge in [-0.15, -0.1) is 0 Å². The summed E-state index contributed by atoms with van der Waals surface area (Å²) in [6, 6.07) is 5.93. The summed E-state index contributed by atoms with van der Waals surface area (Å²) in [7, 11) is 1.76. The van der Waals surface area contributed by atoms with Crippen LogP contribution in [0.3, 0.4) is 0 Å². The van der Waals surface area contributed by atoms with Crippen LogP contribution in [-0.4, -0.2) is 24.5 Å². The zero-order valence-electron chi connectivity index (χ0n) is 10.8. The smallest absolute Gasteiger partial charge is 0.321 e. The maximum atomic E-state index is 12.7. The third-order valence-electron chi connectivity index (χ3n) is 2.55. The van der Waals surface area contributed by atoms with Crippen LogP contribution in [0.5, 0.6) is 0 Å². The van der Waals surface area contributed by atoms with Crippen LogP contribution in [0.4, 0.5) is 9.18 Å². The summed E-state index contributed by atoms with van der Waals surface area (Å²) >= 11 is 0. The molecular formula is C14H19FN2O. The Morgan fingerprint density at radius 3 is 2.67 bits per heavy atom. The van der Waals surface area contributed by atoms with Gasteiger partial charge in [-0.25, -0.2) is 9.18 Å². The van der Waals surface area contributed by atoms with Crippen LogP contribution in [0.1, 0.15) is 25.3 Å². The Balaban J connectivity index is 2.39. The average molecular weight is 250 g/mol. The van der Waals surface area contributed by atoms with E-state index < -0.39 is 0 Å². The second kappa shape index (κ2) is 7.48. The molecule has 1 N–H and O–H groups in total. The first-order valence-corrected chi connectivity index (χ1v) is 6.07. The zero-order chi connectivity index (χ0) is 13.4. The van der Waals surface area contributed by atoms with Gasteiger partial charge >= 0.3 is 6.03 Å². The van der Waals surface area contributed by atoms with Crippen LogP contribution >= 0.6 is 0 Å². The monoisotopic (exact) mass is 250 g/mol. The van der Waals surface area contributed by atoms with Crippen molar-refractivity contribution < 1.29 is 9.18 Å². The average Bonchev–Trinajstić information content (AvgIpc) is 2.38. The van der Waals surface area contributed by atoms with Crippen molar-refractivity contribution in [3.05, 3.63) is 41.8 Å². The lowest BCUT2D eigenvalue weighted by Gasteiger charge is -2.15. The molecule has 0 aliphatic carbocycles. The van der Waals surface area contributed by atoms with Gasteiger partial charge in [0.05, 0.1) is 0 Å². The standard InChI is InChI=1S/C14H19FN2O/c1-3-4-11-17(2)14(18)16-10-9-12-5-7-13(15)8-6-12/h5-10H,3-4,11H2,1-2H3,(H,16,18)/b10-9+. The minimum atomic E-state index is -0.268. The fraction of sp³-hybridized carbons (Fsp3) is 0.357. The SMILES string of the molecule is CCCCN(C)C(=O)N/C=C/c1ccc(F)cc1. The molecule has 18 heavy (non-hydrogen) atoms. The Morgan fingerprint density at radius 1 is 1.39 bits per heavy atom. The fourth-order valence-electron chi connectivity index (χ4n) is 1.39. The van der Waals surface area contributed by atoms with Crippen LogP contribution in [0.15, 0.2) is 30.5 Å². The number of hydrogen-bond acceptors (Lipinski definition) is 1. The van der Waals surface area contributed by atoms with Crippen molar-refractivity contribution in [2.45, 2.75) is 19.8 Å². The summed E-state index contributed by atoms with van der Waals surface area (Å²) < 4.78 is 12.7. The highest BCUT2D eigenvalue weighted by molar-refractivity contribution is 5.75. The van der Waals surface area contributed by atoms with E-state index in [9.17, 15) is 9.18 Å². The molecule has 0 aliphatic heterocycles. The molecule has 0 atom stereocenters. The van der Waals surface area contributed by atoms with Crippen LogP contribution in [0.25, 0.3) is 6.08 Å². The van der Waals surface area contributed by atoms with Gasteiger partial charge in [0.25, 0.3) is 0 Å². The molecule has 4 heteroatoms. The molecule has 0 unspecified atom stereocenters. The van der Waals surface area contributed by atoms with E-state index in [1.807, 2.05) is 0 Å². The topological polar surface area (TPSA) is 32.3 Å². The molecule has 3 nitrogen and oxygen atoms in total. The zero-order valence-corrected chi connectivity index (χ0v) is 10.8. The molecule has 0 radical (unpaired) electrons. The highest BCUT2D eigenvalue weighted by Crippen LogP contribution is 2.03. The number of carbonyl (C=O) groups excluding carboxylic acids is 1. The molecule has 1 aromatic rings. The highest BCUT2D eigenvalue weighted by Gasteiger charge is 2.04. The lowest BCUT2D eigenvalue weighted by Crippen LogP contribution is -2.34. The van der Waals surface area contributed by atoms with E-state index in [-0.39, 0.29) is 11.8 Å². The summed E-state index contributed by atoms with van der Waals surface area (Å²) in [4.78, 5) is 13.2. The molecule has 0 fully saturated rings. The Morgan fingerprint density at radius 2 is 2.06 bits per heavy atom. The highest BCUT2D eigenvalue weighted by atomic mass is 19.1. The minimum absolute atomic E-state index is 0.137. The van der Waals surface area contributed by atoms with E-state index >= 15 is 0 Å². The number of nitrogens with one attached hydrogen (secondary N) is 1. The van der Waals surface area contributed by atoms with E-state index in [0.29, 0.717) is 0 Å². The Hall–Kier alpha value is -1.84. The van der Waals surface area contributed by atoms with Crippen LogP contribution in [0, 0.1) is 5.82 Å². The van der Waals surface area contributed by atoms with Crippen LogP contribution in [0.2, 0.25) is 0 Å². The summed E-state index contributed by atoms with van der Waals surface area (Å²) in [5.74, 6) is -0.268. The Kier molecular flexibility index (Phi) is 5.91. The molecule has 0 aromatic heterocycles. The van der Waals surface area contributed by atoms with Crippen LogP contribution < -0.4 is 5.32 Å². The summed E-state index contributed by atoms with van der Waals surface area (Å²) in [6.07, 6.45) is 5.34. The summed E-state index contributed by atoms with van der Waals surface area (Å²) in [5.41, 5.74) is 0.841. The predicted molar refractivity (Wildman–Crippen MR) is 71.5 cm³/mol. The van der Waals surface area contributed by atoms with E-state index in [1.54, 1.807) is 36.4 Å². The van der Waals surface area contributed by atoms with Gasteiger partial charge in [-0.1, -0.05) is 25.5 Å². The van der Waals surface area contributed by atoms with Gasteiger partial charge < -0.3 is 10.2 Å². The number of hydrogen-bond donors (Lipinski definition) is 1. The molecule has 1 rings (SSSR count). The molecule has 2 amide bonds. The molecule has 0 aliphatic rings. The molecule has 0 saturated carbocycles. The van der Waals surface area contributed by atoms with Crippen molar-refractivity contribution in [1.29, 1.82) is 0 Å². The van der Waals surface area contributed by atoms with Crippen molar-refractivity contribution >= 4 is 12.1 Å². The molecule has 0 spiro atoms. The fourth-order valence-corrected chi connectivity index (χ4v) is 1.39. The first-order chi connectivity index (χ1) is 8.63. The van der Waals surface area contributed by atoms with Gasteiger partial charge in [0.1, 0.15) is 5.82 Å². The minimum Gasteiger partial charge on any atom is -0.328 e. The van der Waals surface area contributed by atoms with E-state index in [2.05, 4.69) is 12.2 Å². The lowest BCUT2D eigenvalue weighted by atomic mass is 10.2. The van der Waals surface area contributed by atoms with Crippen molar-refractivity contribution in [3.8, 4) is 0 Å². The van der Waals surface area contributed by atoms with E-state index in [1.165, 1.54) is 12.1 Å². The predicted octanol–water partition coefficient (Wildman–Crippen LogP) is 3.24. The van der Waals surface area contributed by atoms with Crippen molar-refractivity contribution in [1.82, 2.24) is 10.2 Å². The van der Waals surface area contributed by atoms with Gasteiger partial charge in [-0.3, -0.25) is 0 Å². The quantitative estimate of drug-likeness (QED) is 0.855. The van der Waals surface area contributed by atoms with E-state index in [0.717, 1.165) is 24.9 Å². The van der Waals surface area contributed by atoms with Crippen LogP contribution in [-0.2, 0) is 0 Å². The molecule has 1 aromatic carbocycles. The molecule has 0 saturated heterocycles. The first kappa shape index (κ1) is 14.2. The normalized spacial score (nSPS) is 10.6. The Bertz CT molecular complexity index is 401. The summed E-state index contributed by atoms with van der Waals surface area (Å²) in [6.45, 7) is 2.83. The molecule has 0 bridgehead atoms. The number of carbonyl (C=O) groups is 1. The first-order valence-electron chi connectivity index (χ1n) is 6.07. The number of benzene rings is 1. The molecule has 98 valence electrons. The van der Waals surface area contributed by atoms with Gasteiger partial charge in [-0.05, 0) is 30.2 Å². The molecular weight excluding hydrogens is 231 g/mol. The van der Waals surface area contributed by atoms with Gasteiger partial charge in [0.15, 0.2) is 0 Å². The Labute approximate surface area is 107 Å². The third kappa shape index (κ3) is 4.99. The summed E-state index contributed by atoms with van der Waals surface area (Å²) in [5, 5.41) is 2.67. The van der Waals surface area contributed by atoms with Gasteiger partial charge in [-0.2, -0.15) is 0 Å². The van der Waals surface area contributed by atoms with E-state index in [4.69, 9.17) is 0 Å². The second-order valence-corrected chi connectivity index (χ2v) is 4.11. The van der Waals surface area contributed by atoms with Crippen molar-refractivity contribution in [2.75, 3.05) is 13.6 Å². The largest absolute Gasteiger partial charge is 0.328 e. The van der Waals surface area contributed by atoms with Gasteiger partial charge in [0.2, 0.25) is 0 Å². The number of amides is 2. The number of urea groups is 1. The maximum Gasteiger partial charge on any atom is 0.321 e. The van der Waals surface area contributed by atoms with Crippen molar-refractivity contribution in [2.24, 2.45) is 0 Å².